The molecule has 3 heteroatoms. The topological polar surface area (TPSA) is 32.3 Å². The van der Waals surface area contributed by atoms with Crippen LogP contribution >= 0.6 is 0 Å². The van der Waals surface area contributed by atoms with E-state index in [0.29, 0.717) is 0 Å². The van der Waals surface area contributed by atoms with Crippen LogP contribution in [0.3, 0.4) is 0 Å². The highest BCUT2D eigenvalue weighted by atomic mass is 16.1. The highest BCUT2D eigenvalue weighted by Crippen LogP contribution is 2.21. The maximum atomic E-state index is 11.6. The van der Waals surface area contributed by atoms with Crippen LogP contribution in [0.15, 0.2) is 24.3 Å². The van der Waals surface area contributed by atoms with Gasteiger partial charge in [0.2, 0.25) is 5.91 Å². The molecule has 1 heterocycles. The molecule has 0 unspecified atom stereocenters. The number of rotatable bonds is 3. The molecule has 1 amide bonds. The molecule has 2 rings (SSSR count). The third-order valence-electron chi connectivity index (χ3n) is 3.38. The third kappa shape index (κ3) is 3.25. The van der Waals surface area contributed by atoms with E-state index < -0.39 is 0 Å². The quantitative estimate of drug-likeness (QED) is 0.887. The normalized spacial score (nSPS) is 15.8. The fourth-order valence-corrected chi connectivity index (χ4v) is 2.19. The van der Waals surface area contributed by atoms with Crippen LogP contribution in [0.2, 0.25) is 0 Å². The van der Waals surface area contributed by atoms with Gasteiger partial charge in [0.1, 0.15) is 0 Å². The fourth-order valence-electron chi connectivity index (χ4n) is 2.19. The molecule has 1 aliphatic heterocycles. The zero-order valence-corrected chi connectivity index (χ0v) is 11.3. The lowest BCUT2D eigenvalue weighted by atomic mass is 10.1. The van der Waals surface area contributed by atoms with E-state index in [-0.39, 0.29) is 11.8 Å². The lowest BCUT2D eigenvalue weighted by Crippen LogP contribution is -2.29. The minimum Gasteiger partial charge on any atom is -0.372 e. The summed E-state index contributed by atoms with van der Waals surface area (Å²) in [4.78, 5) is 14.0. The maximum absolute atomic E-state index is 11.6. The van der Waals surface area contributed by atoms with Crippen LogP contribution in [0.5, 0.6) is 0 Å². The number of carbonyl (C=O) groups excluding carboxylic acids is 1. The molecule has 0 spiro atoms. The SMILES string of the molecule is CC(C)C(=O)Nc1ccc(N2CCCCC2)cc1. The zero-order chi connectivity index (χ0) is 13.0. The van der Waals surface area contributed by atoms with E-state index in [2.05, 4.69) is 22.3 Å². The van der Waals surface area contributed by atoms with Crippen LogP contribution in [0, 0.1) is 5.92 Å². The highest BCUT2D eigenvalue weighted by Gasteiger charge is 2.11. The molecule has 1 fully saturated rings. The van der Waals surface area contributed by atoms with E-state index >= 15 is 0 Å². The Hall–Kier alpha value is -1.51. The van der Waals surface area contributed by atoms with Crippen molar-refractivity contribution in [2.45, 2.75) is 33.1 Å². The Morgan fingerprint density at radius 2 is 1.72 bits per heavy atom. The second-order valence-corrected chi connectivity index (χ2v) is 5.24. The predicted molar refractivity (Wildman–Crippen MR) is 76.0 cm³/mol. The molecule has 0 radical (unpaired) electrons. The van der Waals surface area contributed by atoms with Crippen molar-refractivity contribution >= 4 is 17.3 Å². The molecule has 0 bridgehead atoms. The van der Waals surface area contributed by atoms with Gasteiger partial charge in [-0.15, -0.1) is 0 Å². The molecule has 1 aliphatic rings. The second kappa shape index (κ2) is 5.89. The summed E-state index contributed by atoms with van der Waals surface area (Å²) < 4.78 is 0. The lowest BCUT2D eigenvalue weighted by Gasteiger charge is -2.28. The first-order valence-corrected chi connectivity index (χ1v) is 6.82. The van der Waals surface area contributed by atoms with Crippen molar-refractivity contribution in [2.75, 3.05) is 23.3 Å². The number of benzene rings is 1. The first-order chi connectivity index (χ1) is 8.66. The van der Waals surface area contributed by atoms with Crippen molar-refractivity contribution in [3.8, 4) is 0 Å². The number of carbonyl (C=O) groups is 1. The van der Waals surface area contributed by atoms with E-state index in [4.69, 9.17) is 0 Å². The average Bonchev–Trinajstić information content (AvgIpc) is 2.40. The smallest absolute Gasteiger partial charge is 0.226 e. The van der Waals surface area contributed by atoms with Crippen molar-refractivity contribution in [1.82, 2.24) is 0 Å². The maximum Gasteiger partial charge on any atom is 0.226 e. The number of nitrogens with one attached hydrogen (secondary N) is 1. The molecule has 18 heavy (non-hydrogen) atoms. The standard InChI is InChI=1S/C15H22N2O/c1-12(2)15(18)16-13-6-8-14(9-7-13)17-10-4-3-5-11-17/h6-9,12H,3-5,10-11H2,1-2H3,(H,16,18). The molecule has 0 saturated carbocycles. The van der Waals surface area contributed by atoms with Gasteiger partial charge in [-0.2, -0.15) is 0 Å². The number of hydrogen-bond donors (Lipinski definition) is 1. The van der Waals surface area contributed by atoms with Gasteiger partial charge in [0.25, 0.3) is 0 Å². The Labute approximate surface area is 109 Å². The summed E-state index contributed by atoms with van der Waals surface area (Å²) in [5, 5.41) is 2.91. The van der Waals surface area contributed by atoms with Crippen molar-refractivity contribution in [3.05, 3.63) is 24.3 Å². The van der Waals surface area contributed by atoms with Crippen LogP contribution in [0.4, 0.5) is 11.4 Å². The highest BCUT2D eigenvalue weighted by molar-refractivity contribution is 5.92. The van der Waals surface area contributed by atoms with Gasteiger partial charge in [-0.25, -0.2) is 0 Å². The van der Waals surface area contributed by atoms with Crippen molar-refractivity contribution in [2.24, 2.45) is 5.92 Å². The summed E-state index contributed by atoms with van der Waals surface area (Å²) in [5.41, 5.74) is 2.15. The van der Waals surface area contributed by atoms with Gasteiger partial charge in [0, 0.05) is 30.4 Å². The minimum atomic E-state index is 0.0202. The fraction of sp³-hybridized carbons (Fsp3) is 0.533. The molecule has 98 valence electrons. The molecule has 0 atom stereocenters. The Bertz CT molecular complexity index is 391. The van der Waals surface area contributed by atoms with Crippen LogP contribution in [-0.4, -0.2) is 19.0 Å². The number of hydrogen-bond acceptors (Lipinski definition) is 2. The van der Waals surface area contributed by atoms with Gasteiger partial charge in [-0.05, 0) is 43.5 Å². The first kappa shape index (κ1) is 12.9. The zero-order valence-electron chi connectivity index (χ0n) is 11.3. The van der Waals surface area contributed by atoms with Crippen LogP contribution in [0.1, 0.15) is 33.1 Å². The Morgan fingerprint density at radius 3 is 2.28 bits per heavy atom. The van der Waals surface area contributed by atoms with Gasteiger partial charge < -0.3 is 10.2 Å². The summed E-state index contributed by atoms with van der Waals surface area (Å²) in [6.07, 6.45) is 3.91. The van der Waals surface area contributed by atoms with Crippen molar-refractivity contribution in [1.29, 1.82) is 0 Å². The van der Waals surface area contributed by atoms with Gasteiger partial charge in [-0.3, -0.25) is 4.79 Å². The summed E-state index contributed by atoms with van der Waals surface area (Å²) in [6, 6.07) is 8.18. The lowest BCUT2D eigenvalue weighted by molar-refractivity contribution is -0.118. The van der Waals surface area contributed by atoms with E-state index in [1.807, 2.05) is 26.0 Å². The molecule has 0 aromatic heterocycles. The first-order valence-electron chi connectivity index (χ1n) is 6.82. The Kier molecular flexibility index (Phi) is 4.24. The summed E-state index contributed by atoms with van der Waals surface area (Å²) in [7, 11) is 0. The number of nitrogens with zero attached hydrogens (tertiary/aromatic N) is 1. The summed E-state index contributed by atoms with van der Waals surface area (Å²) in [5.74, 6) is 0.0903. The van der Waals surface area contributed by atoms with E-state index in [0.717, 1.165) is 18.8 Å². The van der Waals surface area contributed by atoms with Gasteiger partial charge in [0.15, 0.2) is 0 Å². The number of amides is 1. The van der Waals surface area contributed by atoms with E-state index in [9.17, 15) is 4.79 Å². The van der Waals surface area contributed by atoms with Gasteiger partial charge >= 0.3 is 0 Å². The third-order valence-corrected chi connectivity index (χ3v) is 3.38. The van der Waals surface area contributed by atoms with Crippen LogP contribution in [-0.2, 0) is 4.79 Å². The summed E-state index contributed by atoms with van der Waals surface area (Å²) >= 11 is 0. The largest absolute Gasteiger partial charge is 0.372 e. The molecule has 1 N–H and O–H groups in total. The molecule has 1 aromatic carbocycles. The molecular formula is C15H22N2O. The van der Waals surface area contributed by atoms with Gasteiger partial charge in [-0.1, -0.05) is 13.8 Å². The van der Waals surface area contributed by atoms with Crippen LogP contribution in [0.25, 0.3) is 0 Å². The van der Waals surface area contributed by atoms with Crippen LogP contribution < -0.4 is 10.2 Å². The molecule has 1 aromatic rings. The minimum absolute atomic E-state index is 0.0202. The van der Waals surface area contributed by atoms with Crippen molar-refractivity contribution < 1.29 is 4.79 Å². The van der Waals surface area contributed by atoms with Crippen molar-refractivity contribution in [3.63, 3.8) is 0 Å². The van der Waals surface area contributed by atoms with Gasteiger partial charge in [0.05, 0.1) is 0 Å². The summed E-state index contributed by atoms with van der Waals surface area (Å²) in [6.45, 7) is 6.10. The molecule has 1 saturated heterocycles. The van der Waals surface area contributed by atoms with E-state index in [1.54, 1.807) is 0 Å². The average molecular weight is 246 g/mol. The molecule has 3 nitrogen and oxygen atoms in total. The second-order valence-electron chi connectivity index (χ2n) is 5.24. The number of piperidine rings is 1. The Morgan fingerprint density at radius 1 is 1.11 bits per heavy atom. The predicted octanol–water partition coefficient (Wildman–Crippen LogP) is 3.27. The monoisotopic (exact) mass is 246 g/mol. The van der Waals surface area contributed by atoms with E-state index in [1.165, 1.54) is 24.9 Å². The number of anilines is 2. The Balaban J connectivity index is 1.98. The molecular weight excluding hydrogens is 224 g/mol. The molecule has 0 aliphatic carbocycles.